The van der Waals surface area contributed by atoms with Crippen molar-refractivity contribution in [1.82, 2.24) is 15.3 Å². The first-order valence-electron chi connectivity index (χ1n) is 7.68. The molecule has 2 aromatic heterocycles. The highest BCUT2D eigenvalue weighted by Crippen LogP contribution is 2.33. The minimum absolute atomic E-state index is 0.118. The Morgan fingerprint density at radius 2 is 2.17 bits per heavy atom. The molecule has 1 aliphatic heterocycles. The maximum atomic E-state index is 12.3. The van der Waals surface area contributed by atoms with E-state index in [0.717, 1.165) is 10.7 Å². The molecule has 1 saturated heterocycles. The van der Waals surface area contributed by atoms with Gasteiger partial charge in [0.1, 0.15) is 16.1 Å². The second-order valence-electron chi connectivity index (χ2n) is 6.74. The molecule has 2 aromatic rings. The first kappa shape index (κ1) is 16.6. The predicted molar refractivity (Wildman–Crippen MR) is 90.4 cm³/mol. The third kappa shape index (κ3) is 3.46. The summed E-state index contributed by atoms with van der Waals surface area (Å²) in [5, 5.41) is 5.40. The molecule has 0 aliphatic carbocycles. The van der Waals surface area contributed by atoms with Crippen molar-refractivity contribution in [2.45, 2.75) is 44.8 Å². The normalized spacial score (nSPS) is 22.2. The van der Waals surface area contributed by atoms with Gasteiger partial charge in [0.05, 0.1) is 17.8 Å². The number of carbonyl (C=O) groups is 2. The van der Waals surface area contributed by atoms with Crippen molar-refractivity contribution in [3.05, 3.63) is 35.5 Å². The van der Waals surface area contributed by atoms with Gasteiger partial charge in [0, 0.05) is 18.0 Å². The average molecular weight is 345 g/mol. The molecule has 6 nitrogen and oxygen atoms in total. The molecule has 1 atom stereocenters. The van der Waals surface area contributed by atoms with Crippen LogP contribution in [0.5, 0.6) is 0 Å². The quantitative estimate of drug-likeness (QED) is 0.860. The first-order valence-corrected chi connectivity index (χ1v) is 8.56. The van der Waals surface area contributed by atoms with Crippen LogP contribution >= 0.6 is 11.3 Å². The lowest BCUT2D eigenvalue weighted by molar-refractivity contribution is -0.151. The van der Waals surface area contributed by atoms with E-state index in [4.69, 9.17) is 4.74 Å². The summed E-state index contributed by atoms with van der Waals surface area (Å²) in [5.74, 6) is -0.640. The standard InChI is InChI=1S/C17H19N3O3S/c1-16(2)10-17(3,15(22)23-16)20-13(21)8-11-9-24-14(19-11)12-6-4-5-7-18-12/h4-7,9H,8,10H2,1-3H3,(H,20,21)/t17-/m0/s1. The largest absolute Gasteiger partial charge is 0.458 e. The number of pyridine rings is 1. The topological polar surface area (TPSA) is 81.2 Å². The van der Waals surface area contributed by atoms with E-state index in [2.05, 4.69) is 15.3 Å². The van der Waals surface area contributed by atoms with Crippen LogP contribution in [0.3, 0.4) is 0 Å². The summed E-state index contributed by atoms with van der Waals surface area (Å²) in [6.45, 7) is 5.37. The summed E-state index contributed by atoms with van der Waals surface area (Å²) < 4.78 is 5.30. The van der Waals surface area contributed by atoms with Gasteiger partial charge in [0.25, 0.3) is 0 Å². The number of ether oxygens (including phenoxy) is 1. The van der Waals surface area contributed by atoms with Crippen LogP contribution in [0.15, 0.2) is 29.8 Å². The van der Waals surface area contributed by atoms with Crippen molar-refractivity contribution >= 4 is 23.2 Å². The molecule has 0 saturated carbocycles. The number of nitrogens with one attached hydrogen (secondary N) is 1. The SMILES string of the molecule is CC1(C)C[C@](C)(NC(=O)Cc2csc(-c3ccccn3)n2)C(=O)O1. The minimum Gasteiger partial charge on any atom is -0.458 e. The van der Waals surface area contributed by atoms with Crippen LogP contribution in [0.2, 0.25) is 0 Å². The van der Waals surface area contributed by atoms with E-state index in [0.29, 0.717) is 12.1 Å². The van der Waals surface area contributed by atoms with E-state index in [9.17, 15) is 9.59 Å². The Morgan fingerprint density at radius 1 is 1.38 bits per heavy atom. The molecule has 1 amide bonds. The van der Waals surface area contributed by atoms with Crippen LogP contribution in [0.1, 0.15) is 32.9 Å². The van der Waals surface area contributed by atoms with Crippen LogP contribution in [0, 0.1) is 0 Å². The van der Waals surface area contributed by atoms with Crippen molar-refractivity contribution in [3.8, 4) is 10.7 Å². The molecule has 0 spiro atoms. The van der Waals surface area contributed by atoms with E-state index in [1.54, 1.807) is 13.1 Å². The number of cyclic esters (lactones) is 1. The second kappa shape index (κ2) is 5.98. The molecule has 0 unspecified atom stereocenters. The lowest BCUT2D eigenvalue weighted by Crippen LogP contribution is -2.50. The monoisotopic (exact) mass is 345 g/mol. The highest BCUT2D eigenvalue weighted by atomic mass is 32.1. The zero-order valence-corrected chi connectivity index (χ0v) is 14.6. The zero-order valence-electron chi connectivity index (χ0n) is 13.8. The molecule has 3 heterocycles. The van der Waals surface area contributed by atoms with Gasteiger partial charge in [-0.25, -0.2) is 9.78 Å². The summed E-state index contributed by atoms with van der Waals surface area (Å²) in [4.78, 5) is 33.0. The molecule has 126 valence electrons. The number of esters is 1. The van der Waals surface area contributed by atoms with E-state index in [-0.39, 0.29) is 12.3 Å². The van der Waals surface area contributed by atoms with Crippen LogP contribution in [-0.4, -0.2) is 33.0 Å². The number of carbonyl (C=O) groups excluding carboxylic acids is 2. The van der Waals surface area contributed by atoms with E-state index >= 15 is 0 Å². The van der Waals surface area contributed by atoms with Crippen LogP contribution in [0.25, 0.3) is 10.7 Å². The molecule has 1 aliphatic rings. The summed E-state index contributed by atoms with van der Waals surface area (Å²) >= 11 is 1.44. The van der Waals surface area contributed by atoms with E-state index in [1.165, 1.54) is 11.3 Å². The van der Waals surface area contributed by atoms with Gasteiger partial charge < -0.3 is 10.1 Å². The Kier molecular flexibility index (Phi) is 4.13. The summed E-state index contributed by atoms with van der Waals surface area (Å²) in [5.41, 5.74) is -0.110. The van der Waals surface area contributed by atoms with Gasteiger partial charge in [0.15, 0.2) is 0 Å². The number of thiazole rings is 1. The molecular weight excluding hydrogens is 326 g/mol. The maximum absolute atomic E-state index is 12.3. The lowest BCUT2D eigenvalue weighted by atomic mass is 9.91. The number of aromatic nitrogens is 2. The Balaban J connectivity index is 1.66. The Hall–Kier alpha value is -2.28. The molecule has 0 aromatic carbocycles. The Labute approximate surface area is 144 Å². The Morgan fingerprint density at radius 3 is 2.79 bits per heavy atom. The summed E-state index contributed by atoms with van der Waals surface area (Å²) in [7, 11) is 0. The van der Waals surface area contributed by atoms with Crippen molar-refractivity contribution < 1.29 is 14.3 Å². The fourth-order valence-electron chi connectivity index (χ4n) is 2.93. The second-order valence-corrected chi connectivity index (χ2v) is 7.60. The van der Waals surface area contributed by atoms with Gasteiger partial charge in [-0.05, 0) is 32.9 Å². The van der Waals surface area contributed by atoms with Crippen molar-refractivity contribution in [3.63, 3.8) is 0 Å². The van der Waals surface area contributed by atoms with Crippen molar-refractivity contribution in [2.24, 2.45) is 0 Å². The fourth-order valence-corrected chi connectivity index (χ4v) is 3.73. The van der Waals surface area contributed by atoms with E-state index in [1.807, 2.05) is 37.4 Å². The number of hydrogen-bond donors (Lipinski definition) is 1. The van der Waals surface area contributed by atoms with Gasteiger partial charge in [-0.3, -0.25) is 9.78 Å². The summed E-state index contributed by atoms with van der Waals surface area (Å²) in [6.07, 6.45) is 2.27. The first-order chi connectivity index (χ1) is 11.3. The van der Waals surface area contributed by atoms with Gasteiger partial charge >= 0.3 is 5.97 Å². The number of amides is 1. The van der Waals surface area contributed by atoms with Crippen LogP contribution in [0.4, 0.5) is 0 Å². The molecular formula is C17H19N3O3S. The van der Waals surface area contributed by atoms with Gasteiger partial charge in [-0.1, -0.05) is 6.07 Å². The predicted octanol–water partition coefficient (Wildman–Crippen LogP) is 2.35. The van der Waals surface area contributed by atoms with Gasteiger partial charge in [-0.15, -0.1) is 11.3 Å². The smallest absolute Gasteiger partial charge is 0.332 e. The minimum atomic E-state index is -0.986. The third-order valence-corrected chi connectivity index (χ3v) is 4.71. The molecule has 0 radical (unpaired) electrons. The highest BCUT2D eigenvalue weighted by molar-refractivity contribution is 7.13. The number of nitrogens with zero attached hydrogens (tertiary/aromatic N) is 2. The Bertz CT molecular complexity index is 772. The molecule has 1 N–H and O–H groups in total. The third-order valence-electron chi connectivity index (χ3n) is 3.79. The molecule has 7 heteroatoms. The van der Waals surface area contributed by atoms with E-state index < -0.39 is 17.1 Å². The zero-order chi connectivity index (χ0) is 17.4. The number of rotatable bonds is 4. The molecule has 0 bridgehead atoms. The molecule has 1 fully saturated rings. The van der Waals surface area contributed by atoms with Gasteiger partial charge in [-0.2, -0.15) is 0 Å². The molecule has 24 heavy (non-hydrogen) atoms. The summed E-state index contributed by atoms with van der Waals surface area (Å²) in [6, 6.07) is 5.61. The van der Waals surface area contributed by atoms with Crippen LogP contribution < -0.4 is 5.32 Å². The van der Waals surface area contributed by atoms with Gasteiger partial charge in [0.2, 0.25) is 5.91 Å². The lowest BCUT2D eigenvalue weighted by Gasteiger charge is -2.21. The number of hydrogen-bond acceptors (Lipinski definition) is 6. The van der Waals surface area contributed by atoms with Crippen molar-refractivity contribution in [2.75, 3.05) is 0 Å². The maximum Gasteiger partial charge on any atom is 0.332 e. The average Bonchev–Trinajstić information content (AvgIpc) is 3.02. The molecule has 3 rings (SSSR count). The highest BCUT2D eigenvalue weighted by Gasteiger charge is 2.50. The van der Waals surface area contributed by atoms with Crippen LogP contribution in [-0.2, 0) is 20.7 Å². The fraction of sp³-hybridized carbons (Fsp3) is 0.412. The van der Waals surface area contributed by atoms with Crippen molar-refractivity contribution in [1.29, 1.82) is 0 Å².